The number of benzene rings is 1. The first-order chi connectivity index (χ1) is 11.6. The fourth-order valence-corrected chi connectivity index (χ4v) is 3.33. The van der Waals surface area contributed by atoms with Gasteiger partial charge in [-0.1, -0.05) is 12.1 Å². The molecule has 1 N–H and O–H groups in total. The van der Waals surface area contributed by atoms with Crippen LogP contribution in [0, 0.1) is 5.82 Å². The number of carboxylic acid groups (broad SMARTS) is 1. The lowest BCUT2D eigenvalue weighted by Crippen LogP contribution is -2.39. The highest BCUT2D eigenvalue weighted by molar-refractivity contribution is 5.74. The predicted octanol–water partition coefficient (Wildman–Crippen LogP) is 2.87. The van der Waals surface area contributed by atoms with E-state index < -0.39 is 17.8 Å². The van der Waals surface area contributed by atoms with Gasteiger partial charge in [-0.25, -0.2) is 4.39 Å². The monoisotopic (exact) mass is 330 g/mol. The Morgan fingerprint density at radius 3 is 2.88 bits per heavy atom. The number of carbonyl (C=O) groups is 1. The van der Waals surface area contributed by atoms with Crippen molar-refractivity contribution in [3.05, 3.63) is 59.7 Å². The SMILES string of the molecule is COc1ccc(C(c2cccnc2)N2CCCC2C(=O)O)cc1F. The summed E-state index contributed by atoms with van der Waals surface area (Å²) in [4.78, 5) is 17.6. The molecule has 24 heavy (non-hydrogen) atoms. The van der Waals surface area contributed by atoms with Crippen molar-refractivity contribution in [3.8, 4) is 5.75 Å². The normalized spacial score (nSPS) is 19.2. The topological polar surface area (TPSA) is 62.7 Å². The Kier molecular flexibility index (Phi) is 4.76. The molecule has 126 valence electrons. The zero-order chi connectivity index (χ0) is 17.1. The molecule has 0 spiro atoms. The minimum Gasteiger partial charge on any atom is -0.494 e. The Labute approximate surface area is 139 Å². The Morgan fingerprint density at radius 2 is 2.25 bits per heavy atom. The Balaban J connectivity index is 2.06. The highest BCUT2D eigenvalue weighted by atomic mass is 19.1. The van der Waals surface area contributed by atoms with E-state index in [0.717, 1.165) is 12.0 Å². The number of aliphatic carboxylic acids is 1. The molecular weight excluding hydrogens is 311 g/mol. The van der Waals surface area contributed by atoms with Gasteiger partial charge in [-0.3, -0.25) is 14.7 Å². The quantitative estimate of drug-likeness (QED) is 0.913. The highest BCUT2D eigenvalue weighted by Gasteiger charge is 2.37. The van der Waals surface area contributed by atoms with Crippen LogP contribution in [0.25, 0.3) is 0 Å². The number of ether oxygens (including phenoxy) is 1. The van der Waals surface area contributed by atoms with Gasteiger partial charge in [-0.05, 0) is 42.2 Å². The van der Waals surface area contributed by atoms with Gasteiger partial charge < -0.3 is 9.84 Å². The molecule has 1 saturated heterocycles. The zero-order valence-electron chi connectivity index (χ0n) is 13.4. The van der Waals surface area contributed by atoms with Crippen LogP contribution in [-0.4, -0.2) is 40.7 Å². The summed E-state index contributed by atoms with van der Waals surface area (Å²) in [6.45, 7) is 0.643. The van der Waals surface area contributed by atoms with E-state index in [4.69, 9.17) is 4.74 Å². The molecule has 2 atom stereocenters. The molecule has 1 fully saturated rings. The second-order valence-corrected chi connectivity index (χ2v) is 5.82. The molecule has 1 aromatic carbocycles. The van der Waals surface area contributed by atoms with Crippen molar-refractivity contribution in [2.24, 2.45) is 0 Å². The van der Waals surface area contributed by atoms with Gasteiger partial charge in [0, 0.05) is 18.9 Å². The first-order valence-electron chi connectivity index (χ1n) is 7.83. The molecule has 2 heterocycles. The number of nitrogens with zero attached hydrogens (tertiary/aromatic N) is 2. The van der Waals surface area contributed by atoms with Gasteiger partial charge in [-0.15, -0.1) is 0 Å². The number of likely N-dealkylation sites (tertiary alicyclic amines) is 1. The summed E-state index contributed by atoms with van der Waals surface area (Å²) in [7, 11) is 1.41. The Morgan fingerprint density at radius 1 is 1.42 bits per heavy atom. The lowest BCUT2D eigenvalue weighted by molar-refractivity contribution is -0.142. The molecular formula is C18H19FN2O3. The Hall–Kier alpha value is -2.47. The van der Waals surface area contributed by atoms with Crippen molar-refractivity contribution in [2.75, 3.05) is 13.7 Å². The van der Waals surface area contributed by atoms with Crippen molar-refractivity contribution in [2.45, 2.75) is 24.9 Å². The standard InChI is InChI=1S/C18H19FN2O3/c1-24-16-7-6-12(10-14(16)19)17(13-4-2-8-20-11-13)21-9-3-5-15(21)18(22)23/h2,4,6-8,10-11,15,17H,3,5,9H2,1H3,(H,22,23). The van der Waals surface area contributed by atoms with E-state index in [9.17, 15) is 14.3 Å². The fourth-order valence-electron chi connectivity index (χ4n) is 3.33. The van der Waals surface area contributed by atoms with Crippen LogP contribution in [0.15, 0.2) is 42.7 Å². The van der Waals surface area contributed by atoms with Crippen LogP contribution in [0.1, 0.15) is 30.0 Å². The van der Waals surface area contributed by atoms with Gasteiger partial charge in [0.05, 0.1) is 13.2 Å². The van der Waals surface area contributed by atoms with Crippen molar-refractivity contribution >= 4 is 5.97 Å². The van der Waals surface area contributed by atoms with Crippen molar-refractivity contribution in [3.63, 3.8) is 0 Å². The van der Waals surface area contributed by atoms with Gasteiger partial charge in [0.25, 0.3) is 0 Å². The van der Waals surface area contributed by atoms with E-state index in [1.165, 1.54) is 13.2 Å². The maximum absolute atomic E-state index is 14.2. The average molecular weight is 330 g/mol. The van der Waals surface area contributed by atoms with Crippen LogP contribution in [-0.2, 0) is 4.79 Å². The smallest absolute Gasteiger partial charge is 0.320 e. The number of halogens is 1. The molecule has 2 unspecified atom stereocenters. The summed E-state index contributed by atoms with van der Waals surface area (Å²) in [5.74, 6) is -1.15. The largest absolute Gasteiger partial charge is 0.494 e. The first kappa shape index (κ1) is 16.4. The lowest BCUT2D eigenvalue weighted by Gasteiger charge is -2.31. The Bertz CT molecular complexity index is 723. The molecule has 2 aromatic rings. The molecule has 1 aliphatic rings. The predicted molar refractivity (Wildman–Crippen MR) is 86.4 cm³/mol. The minimum absolute atomic E-state index is 0.167. The minimum atomic E-state index is -0.852. The number of methoxy groups -OCH3 is 1. The summed E-state index contributed by atoms with van der Waals surface area (Å²) < 4.78 is 19.2. The highest BCUT2D eigenvalue weighted by Crippen LogP contribution is 2.35. The molecule has 5 nitrogen and oxygen atoms in total. The van der Waals surface area contributed by atoms with E-state index in [2.05, 4.69) is 4.98 Å². The van der Waals surface area contributed by atoms with E-state index in [1.54, 1.807) is 30.6 Å². The third kappa shape index (κ3) is 3.10. The van der Waals surface area contributed by atoms with Gasteiger partial charge in [0.1, 0.15) is 6.04 Å². The second-order valence-electron chi connectivity index (χ2n) is 5.82. The molecule has 0 aliphatic carbocycles. The summed E-state index contributed by atoms with van der Waals surface area (Å²) in [5, 5.41) is 9.51. The summed E-state index contributed by atoms with van der Waals surface area (Å²) in [6.07, 6.45) is 4.74. The van der Waals surface area contributed by atoms with Gasteiger partial charge >= 0.3 is 5.97 Å². The number of hydrogen-bond acceptors (Lipinski definition) is 4. The van der Waals surface area contributed by atoms with Crippen LogP contribution >= 0.6 is 0 Å². The number of carboxylic acids is 1. The van der Waals surface area contributed by atoms with Crippen LogP contribution in [0.5, 0.6) is 5.75 Å². The average Bonchev–Trinajstić information content (AvgIpc) is 3.06. The fraction of sp³-hybridized carbons (Fsp3) is 0.333. The van der Waals surface area contributed by atoms with Gasteiger partial charge in [0.2, 0.25) is 0 Å². The molecule has 6 heteroatoms. The number of aromatic nitrogens is 1. The molecule has 0 bridgehead atoms. The van der Waals surface area contributed by atoms with E-state index in [0.29, 0.717) is 18.5 Å². The van der Waals surface area contributed by atoms with Crippen LogP contribution in [0.2, 0.25) is 0 Å². The van der Waals surface area contributed by atoms with Crippen LogP contribution in [0.3, 0.4) is 0 Å². The van der Waals surface area contributed by atoms with Crippen LogP contribution < -0.4 is 4.74 Å². The lowest BCUT2D eigenvalue weighted by atomic mass is 9.97. The van der Waals surface area contributed by atoms with Gasteiger partial charge in [-0.2, -0.15) is 0 Å². The summed E-state index contributed by atoms with van der Waals surface area (Å²) in [5.41, 5.74) is 1.53. The molecule has 0 radical (unpaired) electrons. The molecule has 0 saturated carbocycles. The zero-order valence-corrected chi connectivity index (χ0v) is 13.4. The number of hydrogen-bond donors (Lipinski definition) is 1. The maximum Gasteiger partial charge on any atom is 0.320 e. The van der Waals surface area contributed by atoms with Crippen molar-refractivity contribution in [1.82, 2.24) is 9.88 Å². The second kappa shape index (κ2) is 6.97. The van der Waals surface area contributed by atoms with Crippen molar-refractivity contribution < 1.29 is 19.0 Å². The third-order valence-electron chi connectivity index (χ3n) is 4.40. The summed E-state index contributed by atoms with van der Waals surface area (Å²) >= 11 is 0. The van der Waals surface area contributed by atoms with E-state index in [1.807, 2.05) is 11.0 Å². The van der Waals surface area contributed by atoms with Crippen LogP contribution in [0.4, 0.5) is 4.39 Å². The van der Waals surface area contributed by atoms with E-state index in [-0.39, 0.29) is 11.8 Å². The summed E-state index contributed by atoms with van der Waals surface area (Å²) in [6, 6.07) is 7.50. The first-order valence-corrected chi connectivity index (χ1v) is 7.83. The van der Waals surface area contributed by atoms with Crippen molar-refractivity contribution in [1.29, 1.82) is 0 Å². The molecule has 1 aromatic heterocycles. The molecule has 0 amide bonds. The molecule has 3 rings (SSSR count). The molecule has 1 aliphatic heterocycles. The third-order valence-corrected chi connectivity index (χ3v) is 4.40. The number of rotatable bonds is 5. The maximum atomic E-state index is 14.2. The van der Waals surface area contributed by atoms with E-state index >= 15 is 0 Å². The number of pyridine rings is 1. The van der Waals surface area contributed by atoms with Gasteiger partial charge in [0.15, 0.2) is 11.6 Å².